The Hall–Kier alpha value is -1.56. The molecule has 3 nitrogen and oxygen atoms in total. The zero-order chi connectivity index (χ0) is 16.9. The Morgan fingerprint density at radius 1 is 1.00 bits per heavy atom. The first-order valence-electron chi connectivity index (χ1n) is 8.29. The largest absolute Gasteiger partial charge is 0.469 e. The predicted molar refractivity (Wildman–Crippen MR) is 105 cm³/mol. The highest BCUT2D eigenvalue weighted by atomic mass is 32.2. The molecular formula is C19H22N2OS2. The number of hydrogen-bond donors (Lipinski definition) is 0. The molecule has 24 heavy (non-hydrogen) atoms. The maximum Gasteiger partial charge on any atom is 0.268 e. The van der Waals surface area contributed by atoms with Crippen LogP contribution < -0.4 is 4.90 Å². The zero-order valence-corrected chi connectivity index (χ0v) is 15.7. The van der Waals surface area contributed by atoms with Crippen LogP contribution in [-0.4, -0.2) is 36.3 Å². The first-order chi connectivity index (χ1) is 11.7. The summed E-state index contributed by atoms with van der Waals surface area (Å²) in [4.78, 5) is 6.78. The van der Waals surface area contributed by atoms with Crippen molar-refractivity contribution >= 4 is 40.5 Å². The minimum atomic E-state index is 0.516. The van der Waals surface area contributed by atoms with Crippen molar-refractivity contribution in [2.24, 2.45) is 0 Å². The number of fused-ring (bicyclic) bond motifs is 2. The zero-order valence-electron chi connectivity index (χ0n) is 14.1. The fraction of sp³-hybridized carbons (Fsp3) is 0.316. The molecule has 0 unspecified atom stereocenters. The summed E-state index contributed by atoms with van der Waals surface area (Å²) in [6.45, 7) is 7.87. The van der Waals surface area contributed by atoms with Gasteiger partial charge in [0.1, 0.15) is 6.61 Å². The van der Waals surface area contributed by atoms with Gasteiger partial charge in [0, 0.05) is 16.3 Å². The number of benzene rings is 2. The number of ether oxygens (including phenoxy) is 1. The maximum absolute atomic E-state index is 5.94. The Morgan fingerprint density at radius 3 is 2.08 bits per heavy atom. The highest BCUT2D eigenvalue weighted by molar-refractivity contribution is 7.99. The van der Waals surface area contributed by atoms with Gasteiger partial charge < -0.3 is 9.64 Å². The number of thiocarbonyl (C=S) groups is 1. The van der Waals surface area contributed by atoms with E-state index < -0.39 is 0 Å². The fourth-order valence-electron chi connectivity index (χ4n) is 2.77. The first-order valence-corrected chi connectivity index (χ1v) is 9.52. The molecule has 0 saturated heterocycles. The minimum absolute atomic E-state index is 0.516. The van der Waals surface area contributed by atoms with Gasteiger partial charge in [-0.2, -0.15) is 0 Å². The highest BCUT2D eigenvalue weighted by Gasteiger charge is 2.26. The van der Waals surface area contributed by atoms with Crippen molar-refractivity contribution in [1.29, 1.82) is 0 Å². The quantitative estimate of drug-likeness (QED) is 0.702. The fourth-order valence-corrected chi connectivity index (χ4v) is 4.11. The van der Waals surface area contributed by atoms with Crippen LogP contribution in [0.1, 0.15) is 13.8 Å². The molecule has 126 valence electrons. The lowest BCUT2D eigenvalue weighted by Crippen LogP contribution is -2.32. The molecule has 0 spiro atoms. The summed E-state index contributed by atoms with van der Waals surface area (Å²) < 4.78 is 5.94. The lowest BCUT2D eigenvalue weighted by Gasteiger charge is -2.32. The topological polar surface area (TPSA) is 15.7 Å². The van der Waals surface area contributed by atoms with Gasteiger partial charge in [0.05, 0.1) is 11.4 Å². The molecule has 1 aliphatic rings. The van der Waals surface area contributed by atoms with Gasteiger partial charge in [0.2, 0.25) is 0 Å². The van der Waals surface area contributed by atoms with Gasteiger partial charge in [0.25, 0.3) is 5.17 Å². The van der Waals surface area contributed by atoms with Crippen molar-refractivity contribution in [3.63, 3.8) is 0 Å². The molecule has 0 radical (unpaired) electrons. The molecule has 0 amide bonds. The van der Waals surface area contributed by atoms with Gasteiger partial charge in [-0.3, -0.25) is 4.90 Å². The van der Waals surface area contributed by atoms with Crippen molar-refractivity contribution < 1.29 is 4.74 Å². The molecule has 5 heteroatoms. The Labute approximate surface area is 153 Å². The average Bonchev–Trinajstić information content (AvgIpc) is 2.63. The van der Waals surface area contributed by atoms with E-state index >= 15 is 0 Å². The van der Waals surface area contributed by atoms with Gasteiger partial charge >= 0.3 is 0 Å². The van der Waals surface area contributed by atoms with Crippen LogP contribution in [0.2, 0.25) is 0 Å². The number of anilines is 2. The highest BCUT2D eigenvalue weighted by Crippen LogP contribution is 2.48. The van der Waals surface area contributed by atoms with Crippen LogP contribution in [0.4, 0.5) is 11.4 Å². The van der Waals surface area contributed by atoms with Crippen LogP contribution in [0.25, 0.3) is 0 Å². The number of likely N-dealkylation sites (N-methyl/N-ethyl adjacent to an activating group) is 1. The molecule has 0 aromatic heterocycles. The van der Waals surface area contributed by atoms with E-state index in [1.54, 1.807) is 11.8 Å². The second kappa shape index (κ2) is 8.01. The van der Waals surface area contributed by atoms with Crippen LogP contribution in [0.15, 0.2) is 58.3 Å². The smallest absolute Gasteiger partial charge is 0.268 e. The van der Waals surface area contributed by atoms with Gasteiger partial charge in [-0.15, -0.1) is 0 Å². The summed E-state index contributed by atoms with van der Waals surface area (Å²) in [7, 11) is 0. The summed E-state index contributed by atoms with van der Waals surface area (Å²) in [6, 6.07) is 16.6. The van der Waals surface area contributed by atoms with E-state index in [0.717, 1.165) is 31.0 Å². The molecule has 2 aromatic rings. The molecule has 0 saturated carbocycles. The molecule has 0 aliphatic carbocycles. The molecule has 0 bridgehead atoms. The van der Waals surface area contributed by atoms with Crippen molar-refractivity contribution in [2.75, 3.05) is 31.1 Å². The summed E-state index contributed by atoms with van der Waals surface area (Å²) in [6.07, 6.45) is 0. The van der Waals surface area contributed by atoms with Gasteiger partial charge in [0.15, 0.2) is 0 Å². The van der Waals surface area contributed by atoms with E-state index in [-0.39, 0.29) is 0 Å². The third kappa shape index (κ3) is 3.58. The SMILES string of the molecule is CCN(CC)CCOC(=S)N1c2ccccc2Sc2ccccc21. The molecule has 0 N–H and O–H groups in total. The number of nitrogens with zero attached hydrogens (tertiary/aromatic N) is 2. The predicted octanol–water partition coefficient (Wildman–Crippen LogP) is 4.93. The first kappa shape index (κ1) is 17.3. The van der Waals surface area contributed by atoms with Crippen LogP contribution in [0.5, 0.6) is 0 Å². The van der Waals surface area contributed by atoms with E-state index in [4.69, 9.17) is 17.0 Å². The summed E-state index contributed by atoms with van der Waals surface area (Å²) in [5.41, 5.74) is 2.18. The standard InChI is InChI=1S/C19H22N2OS2/c1-3-20(4-2)13-14-22-19(23)21-15-9-5-7-11-17(15)24-18-12-8-6-10-16(18)21/h5-12H,3-4,13-14H2,1-2H3. The molecule has 1 aliphatic heterocycles. The van der Waals surface area contributed by atoms with E-state index in [1.165, 1.54) is 9.79 Å². The van der Waals surface area contributed by atoms with Crippen LogP contribution in [-0.2, 0) is 4.74 Å². The number of rotatable bonds is 5. The molecule has 0 atom stereocenters. The van der Waals surface area contributed by atoms with Crippen molar-refractivity contribution in [1.82, 2.24) is 4.90 Å². The molecule has 1 heterocycles. The third-order valence-corrected chi connectivity index (χ3v) is 5.57. The van der Waals surface area contributed by atoms with Crippen LogP contribution >= 0.6 is 24.0 Å². The van der Waals surface area contributed by atoms with Crippen LogP contribution in [0.3, 0.4) is 0 Å². The summed E-state index contributed by atoms with van der Waals surface area (Å²) >= 11 is 7.40. The number of para-hydroxylation sites is 2. The van der Waals surface area contributed by atoms with E-state index in [2.05, 4.69) is 60.0 Å². The van der Waals surface area contributed by atoms with Gasteiger partial charge in [-0.1, -0.05) is 49.9 Å². The van der Waals surface area contributed by atoms with E-state index in [0.29, 0.717) is 11.8 Å². The lowest BCUT2D eigenvalue weighted by molar-refractivity contribution is 0.217. The van der Waals surface area contributed by atoms with Gasteiger partial charge in [-0.25, -0.2) is 0 Å². The van der Waals surface area contributed by atoms with Crippen molar-refractivity contribution in [2.45, 2.75) is 23.6 Å². The monoisotopic (exact) mass is 358 g/mol. The van der Waals surface area contributed by atoms with Crippen LogP contribution in [0, 0.1) is 0 Å². The summed E-state index contributed by atoms with van der Waals surface area (Å²) in [5, 5.41) is 0.516. The molecule has 2 aromatic carbocycles. The van der Waals surface area contributed by atoms with E-state index in [1.807, 2.05) is 12.1 Å². The Bertz CT molecular complexity index is 671. The second-order valence-electron chi connectivity index (χ2n) is 5.51. The second-order valence-corrected chi connectivity index (χ2v) is 6.95. The Kier molecular flexibility index (Phi) is 5.76. The average molecular weight is 359 g/mol. The lowest BCUT2D eigenvalue weighted by atomic mass is 10.2. The Balaban J connectivity index is 1.80. The number of hydrogen-bond acceptors (Lipinski definition) is 4. The molecular weight excluding hydrogens is 336 g/mol. The van der Waals surface area contributed by atoms with Crippen molar-refractivity contribution in [3.05, 3.63) is 48.5 Å². The normalized spacial score (nSPS) is 12.7. The minimum Gasteiger partial charge on any atom is -0.469 e. The van der Waals surface area contributed by atoms with E-state index in [9.17, 15) is 0 Å². The van der Waals surface area contributed by atoms with Gasteiger partial charge in [-0.05, 0) is 49.6 Å². The maximum atomic E-state index is 5.94. The third-order valence-electron chi connectivity index (χ3n) is 4.14. The molecule has 0 fully saturated rings. The Morgan fingerprint density at radius 2 is 1.54 bits per heavy atom. The summed E-state index contributed by atoms with van der Waals surface area (Å²) in [5.74, 6) is 0. The van der Waals surface area contributed by atoms with Crippen molar-refractivity contribution in [3.8, 4) is 0 Å². The molecule has 3 rings (SSSR count).